The third-order valence-corrected chi connectivity index (χ3v) is 5.35. The molecule has 1 aromatic carbocycles. The van der Waals surface area contributed by atoms with E-state index in [-0.39, 0.29) is 6.10 Å². The summed E-state index contributed by atoms with van der Waals surface area (Å²) in [4.78, 5) is 5.07. The van der Waals surface area contributed by atoms with E-state index in [1.807, 2.05) is 6.92 Å². The summed E-state index contributed by atoms with van der Waals surface area (Å²) in [5.74, 6) is 0.479. The molecule has 122 valence electrons. The van der Waals surface area contributed by atoms with Gasteiger partial charge in [0.2, 0.25) is 0 Å². The van der Waals surface area contributed by atoms with Crippen LogP contribution in [0, 0.1) is 5.92 Å². The normalized spacial score (nSPS) is 22.7. The Morgan fingerprint density at radius 1 is 1.09 bits per heavy atom. The first-order valence-corrected chi connectivity index (χ1v) is 8.97. The van der Waals surface area contributed by atoms with Gasteiger partial charge in [0.05, 0.1) is 6.10 Å². The molecule has 2 fully saturated rings. The highest BCUT2D eigenvalue weighted by molar-refractivity contribution is 5.49. The molecule has 2 saturated heterocycles. The van der Waals surface area contributed by atoms with E-state index in [2.05, 4.69) is 34.1 Å². The van der Waals surface area contributed by atoms with Gasteiger partial charge in [-0.15, -0.1) is 0 Å². The molecule has 1 atom stereocenters. The number of aliphatic hydroxyl groups excluding tert-OH is 1. The minimum atomic E-state index is -0.160. The second-order valence-corrected chi connectivity index (χ2v) is 7.07. The maximum atomic E-state index is 9.74. The van der Waals surface area contributed by atoms with Crippen molar-refractivity contribution in [1.82, 2.24) is 4.90 Å². The van der Waals surface area contributed by atoms with Gasteiger partial charge in [-0.1, -0.05) is 18.6 Å². The maximum Gasteiger partial charge on any atom is 0.0541 e. The van der Waals surface area contributed by atoms with Gasteiger partial charge in [-0.3, -0.25) is 4.90 Å². The molecule has 0 spiro atoms. The molecule has 2 aliphatic heterocycles. The predicted octanol–water partition coefficient (Wildman–Crippen LogP) is 3.27. The second-order valence-electron chi connectivity index (χ2n) is 7.07. The van der Waals surface area contributed by atoms with Crippen LogP contribution in [-0.2, 0) is 6.54 Å². The molecule has 1 N–H and O–H groups in total. The van der Waals surface area contributed by atoms with Crippen LogP contribution in [0.4, 0.5) is 5.69 Å². The number of hydrogen-bond donors (Lipinski definition) is 1. The topological polar surface area (TPSA) is 26.7 Å². The Labute approximate surface area is 134 Å². The summed E-state index contributed by atoms with van der Waals surface area (Å²) in [6.07, 6.45) is 6.16. The first kappa shape index (κ1) is 15.8. The monoisotopic (exact) mass is 302 g/mol. The Bertz CT molecular complexity index is 460. The van der Waals surface area contributed by atoms with Gasteiger partial charge in [0.25, 0.3) is 0 Å². The van der Waals surface area contributed by atoms with E-state index in [4.69, 9.17) is 0 Å². The van der Waals surface area contributed by atoms with Crippen LogP contribution >= 0.6 is 0 Å². The van der Waals surface area contributed by atoms with Gasteiger partial charge >= 0.3 is 0 Å². The lowest BCUT2D eigenvalue weighted by Gasteiger charge is -2.35. The van der Waals surface area contributed by atoms with Gasteiger partial charge in [-0.2, -0.15) is 0 Å². The van der Waals surface area contributed by atoms with Crippen molar-refractivity contribution >= 4 is 5.69 Å². The molecule has 2 heterocycles. The highest BCUT2D eigenvalue weighted by atomic mass is 16.3. The number of nitrogens with zero attached hydrogens (tertiary/aromatic N) is 2. The highest BCUT2D eigenvalue weighted by Crippen LogP contribution is 2.26. The number of rotatable bonds is 4. The molecule has 1 aromatic rings. The average Bonchev–Trinajstić information content (AvgIpc) is 2.56. The summed E-state index contributed by atoms with van der Waals surface area (Å²) < 4.78 is 0. The number of benzene rings is 1. The van der Waals surface area contributed by atoms with Crippen molar-refractivity contribution in [3.8, 4) is 0 Å². The third-order valence-electron chi connectivity index (χ3n) is 5.35. The maximum absolute atomic E-state index is 9.74. The lowest BCUT2D eigenvalue weighted by molar-refractivity contribution is 0.110. The smallest absolute Gasteiger partial charge is 0.0541 e. The molecular weight excluding hydrogens is 272 g/mol. The van der Waals surface area contributed by atoms with Gasteiger partial charge in [0.15, 0.2) is 0 Å². The van der Waals surface area contributed by atoms with E-state index in [9.17, 15) is 5.11 Å². The quantitative estimate of drug-likeness (QED) is 0.925. The molecule has 0 amide bonds. The zero-order valence-electron chi connectivity index (χ0n) is 13.9. The Morgan fingerprint density at radius 2 is 1.82 bits per heavy atom. The predicted molar refractivity (Wildman–Crippen MR) is 92.2 cm³/mol. The van der Waals surface area contributed by atoms with Crippen molar-refractivity contribution in [3.63, 3.8) is 0 Å². The molecule has 0 bridgehead atoms. The van der Waals surface area contributed by atoms with Crippen molar-refractivity contribution < 1.29 is 5.11 Å². The molecule has 3 rings (SSSR count). The molecule has 0 aliphatic carbocycles. The van der Waals surface area contributed by atoms with Crippen LogP contribution in [0.5, 0.6) is 0 Å². The van der Waals surface area contributed by atoms with E-state index >= 15 is 0 Å². The zero-order chi connectivity index (χ0) is 15.4. The minimum absolute atomic E-state index is 0.160. The van der Waals surface area contributed by atoms with E-state index in [0.29, 0.717) is 5.92 Å². The fourth-order valence-corrected chi connectivity index (χ4v) is 3.87. The SMILES string of the molecule is CC(O)C1CCN(c2cccc(CN3CCCCC3)c2)CC1. The number of piperidine rings is 2. The first-order valence-electron chi connectivity index (χ1n) is 8.97. The summed E-state index contributed by atoms with van der Waals surface area (Å²) in [6.45, 7) is 7.68. The van der Waals surface area contributed by atoms with Gasteiger partial charge in [-0.25, -0.2) is 0 Å². The largest absolute Gasteiger partial charge is 0.393 e. The molecule has 2 aliphatic rings. The molecule has 3 heteroatoms. The van der Waals surface area contributed by atoms with E-state index in [0.717, 1.165) is 32.5 Å². The van der Waals surface area contributed by atoms with Crippen LogP contribution in [0.15, 0.2) is 24.3 Å². The van der Waals surface area contributed by atoms with Crippen molar-refractivity contribution in [2.75, 3.05) is 31.1 Å². The summed E-state index contributed by atoms with van der Waals surface area (Å²) in [5.41, 5.74) is 2.80. The van der Waals surface area contributed by atoms with Gasteiger partial charge in [0.1, 0.15) is 0 Å². The number of anilines is 1. The van der Waals surface area contributed by atoms with Gasteiger partial charge in [-0.05, 0) is 69.3 Å². The number of aliphatic hydroxyl groups is 1. The highest BCUT2D eigenvalue weighted by Gasteiger charge is 2.22. The van der Waals surface area contributed by atoms with Crippen LogP contribution < -0.4 is 4.90 Å². The van der Waals surface area contributed by atoms with Crippen LogP contribution in [0.1, 0.15) is 44.6 Å². The minimum Gasteiger partial charge on any atom is -0.393 e. The molecule has 0 saturated carbocycles. The van der Waals surface area contributed by atoms with Crippen molar-refractivity contribution in [2.24, 2.45) is 5.92 Å². The second kappa shape index (κ2) is 7.47. The van der Waals surface area contributed by atoms with E-state index in [1.165, 1.54) is 43.6 Å². The lowest BCUT2D eigenvalue weighted by atomic mass is 9.92. The molecule has 0 aromatic heterocycles. The van der Waals surface area contributed by atoms with Crippen LogP contribution in [0.25, 0.3) is 0 Å². The molecule has 0 radical (unpaired) electrons. The average molecular weight is 302 g/mol. The van der Waals surface area contributed by atoms with Crippen LogP contribution in [0.3, 0.4) is 0 Å². The zero-order valence-corrected chi connectivity index (χ0v) is 13.9. The molecule has 1 unspecified atom stereocenters. The van der Waals surface area contributed by atoms with Gasteiger partial charge < -0.3 is 10.0 Å². The number of likely N-dealkylation sites (tertiary alicyclic amines) is 1. The lowest BCUT2D eigenvalue weighted by Crippen LogP contribution is -2.37. The third kappa shape index (κ3) is 4.02. The Morgan fingerprint density at radius 3 is 2.50 bits per heavy atom. The van der Waals surface area contributed by atoms with Crippen molar-refractivity contribution in [3.05, 3.63) is 29.8 Å². The Kier molecular flexibility index (Phi) is 5.37. The Hall–Kier alpha value is -1.06. The summed E-state index contributed by atoms with van der Waals surface area (Å²) in [5, 5.41) is 9.74. The Balaban J connectivity index is 1.59. The summed E-state index contributed by atoms with van der Waals surface area (Å²) in [7, 11) is 0. The van der Waals surface area contributed by atoms with Crippen LogP contribution in [0.2, 0.25) is 0 Å². The number of hydrogen-bond acceptors (Lipinski definition) is 3. The summed E-state index contributed by atoms with van der Waals surface area (Å²) in [6, 6.07) is 9.08. The standard InChI is InChI=1S/C19H30N2O/c1-16(22)18-8-12-21(13-9-18)19-7-5-6-17(14-19)15-20-10-3-2-4-11-20/h5-7,14,16,18,22H,2-4,8-13,15H2,1H3. The molecular formula is C19H30N2O. The van der Waals surface area contributed by atoms with Crippen LogP contribution in [-0.4, -0.2) is 42.3 Å². The van der Waals surface area contributed by atoms with Crippen molar-refractivity contribution in [1.29, 1.82) is 0 Å². The molecule has 22 heavy (non-hydrogen) atoms. The van der Waals surface area contributed by atoms with E-state index < -0.39 is 0 Å². The fraction of sp³-hybridized carbons (Fsp3) is 0.684. The van der Waals surface area contributed by atoms with Gasteiger partial charge in [0, 0.05) is 25.3 Å². The summed E-state index contributed by atoms with van der Waals surface area (Å²) >= 11 is 0. The van der Waals surface area contributed by atoms with E-state index in [1.54, 1.807) is 0 Å². The van der Waals surface area contributed by atoms with Crippen molar-refractivity contribution in [2.45, 2.75) is 51.7 Å². The fourth-order valence-electron chi connectivity index (χ4n) is 3.87. The first-order chi connectivity index (χ1) is 10.7. The molecule has 3 nitrogen and oxygen atoms in total.